The third-order valence-corrected chi connectivity index (χ3v) is 3.88. The SMILES string of the molecule is Cc1cc(C2CCCN(C(=O)c3cnccn3)C2)ccn1. The van der Waals surface area contributed by atoms with Crippen molar-refractivity contribution in [2.24, 2.45) is 0 Å². The molecule has 0 radical (unpaired) electrons. The van der Waals surface area contributed by atoms with E-state index in [-0.39, 0.29) is 5.91 Å². The molecule has 1 aliphatic heterocycles. The first-order valence-corrected chi connectivity index (χ1v) is 7.22. The molecule has 1 atom stereocenters. The van der Waals surface area contributed by atoms with E-state index in [1.807, 2.05) is 24.1 Å². The maximum atomic E-state index is 12.5. The lowest BCUT2D eigenvalue weighted by atomic mass is 9.90. The van der Waals surface area contributed by atoms with Crippen LogP contribution in [0.3, 0.4) is 0 Å². The molecule has 2 aromatic heterocycles. The summed E-state index contributed by atoms with van der Waals surface area (Å²) in [5.74, 6) is 0.347. The quantitative estimate of drug-likeness (QED) is 0.847. The molecule has 1 saturated heterocycles. The lowest BCUT2D eigenvalue weighted by Crippen LogP contribution is -2.39. The molecule has 0 aliphatic carbocycles. The Labute approximate surface area is 124 Å². The van der Waals surface area contributed by atoms with Gasteiger partial charge in [0.05, 0.1) is 6.20 Å². The third-order valence-electron chi connectivity index (χ3n) is 3.88. The maximum absolute atomic E-state index is 12.5. The van der Waals surface area contributed by atoms with Gasteiger partial charge in [-0.2, -0.15) is 0 Å². The van der Waals surface area contributed by atoms with Crippen molar-refractivity contribution in [2.45, 2.75) is 25.7 Å². The fourth-order valence-corrected chi connectivity index (χ4v) is 2.83. The molecule has 5 nitrogen and oxygen atoms in total. The Bertz CT molecular complexity index is 629. The van der Waals surface area contributed by atoms with Gasteiger partial charge in [0, 0.05) is 43.3 Å². The van der Waals surface area contributed by atoms with Gasteiger partial charge in [-0.1, -0.05) is 0 Å². The van der Waals surface area contributed by atoms with Gasteiger partial charge in [0.25, 0.3) is 5.91 Å². The standard InChI is InChI=1S/C16H18N4O/c1-12-9-13(4-5-18-12)14-3-2-8-20(11-14)16(21)15-10-17-6-7-19-15/h4-7,9-10,14H,2-3,8,11H2,1H3. The fraction of sp³-hybridized carbons (Fsp3) is 0.375. The first kappa shape index (κ1) is 13.7. The highest BCUT2D eigenvalue weighted by Gasteiger charge is 2.26. The molecule has 3 heterocycles. The zero-order valence-electron chi connectivity index (χ0n) is 12.1. The van der Waals surface area contributed by atoms with E-state index in [2.05, 4.69) is 21.0 Å². The number of hydrogen-bond acceptors (Lipinski definition) is 4. The Morgan fingerprint density at radius 3 is 2.95 bits per heavy atom. The van der Waals surface area contributed by atoms with Crippen LogP contribution in [0.2, 0.25) is 0 Å². The summed E-state index contributed by atoms with van der Waals surface area (Å²) in [6.45, 7) is 3.52. The Balaban J connectivity index is 1.75. The summed E-state index contributed by atoms with van der Waals surface area (Å²) in [5, 5.41) is 0. The molecule has 0 N–H and O–H groups in total. The van der Waals surface area contributed by atoms with Gasteiger partial charge in [-0.25, -0.2) is 4.98 Å². The van der Waals surface area contributed by atoms with Crippen molar-refractivity contribution in [1.29, 1.82) is 0 Å². The molecule has 0 spiro atoms. The Morgan fingerprint density at radius 1 is 1.29 bits per heavy atom. The number of pyridine rings is 1. The monoisotopic (exact) mass is 282 g/mol. The lowest BCUT2D eigenvalue weighted by molar-refractivity contribution is 0.0700. The highest BCUT2D eigenvalue weighted by atomic mass is 16.2. The van der Waals surface area contributed by atoms with Gasteiger partial charge in [0.15, 0.2) is 0 Å². The van der Waals surface area contributed by atoms with Gasteiger partial charge in [0.1, 0.15) is 5.69 Å². The smallest absolute Gasteiger partial charge is 0.274 e. The average Bonchev–Trinajstić information content (AvgIpc) is 2.55. The minimum Gasteiger partial charge on any atom is -0.337 e. The number of carbonyl (C=O) groups excluding carboxylic acids is 1. The number of aromatic nitrogens is 3. The van der Waals surface area contributed by atoms with Crippen molar-refractivity contribution in [2.75, 3.05) is 13.1 Å². The molecule has 5 heteroatoms. The van der Waals surface area contributed by atoms with Crippen molar-refractivity contribution < 1.29 is 4.79 Å². The van der Waals surface area contributed by atoms with Crippen LogP contribution in [0.4, 0.5) is 0 Å². The number of rotatable bonds is 2. The summed E-state index contributed by atoms with van der Waals surface area (Å²) in [5.41, 5.74) is 2.70. The van der Waals surface area contributed by atoms with Crippen molar-refractivity contribution in [3.05, 3.63) is 53.9 Å². The van der Waals surface area contributed by atoms with Crippen molar-refractivity contribution in [1.82, 2.24) is 19.9 Å². The van der Waals surface area contributed by atoms with Crippen LogP contribution in [0.5, 0.6) is 0 Å². The number of hydrogen-bond donors (Lipinski definition) is 0. The zero-order chi connectivity index (χ0) is 14.7. The van der Waals surface area contributed by atoms with Crippen molar-refractivity contribution in [3.63, 3.8) is 0 Å². The molecule has 1 aliphatic rings. The molecule has 1 amide bonds. The van der Waals surface area contributed by atoms with E-state index in [0.29, 0.717) is 11.6 Å². The van der Waals surface area contributed by atoms with Gasteiger partial charge in [-0.05, 0) is 37.5 Å². The molecule has 21 heavy (non-hydrogen) atoms. The van der Waals surface area contributed by atoms with E-state index in [4.69, 9.17) is 0 Å². The molecule has 108 valence electrons. The summed E-state index contributed by atoms with van der Waals surface area (Å²) in [7, 11) is 0. The van der Waals surface area contributed by atoms with Crippen LogP contribution in [0, 0.1) is 6.92 Å². The van der Waals surface area contributed by atoms with E-state index in [9.17, 15) is 4.79 Å². The second-order valence-corrected chi connectivity index (χ2v) is 5.41. The van der Waals surface area contributed by atoms with Gasteiger partial charge in [-0.15, -0.1) is 0 Å². The zero-order valence-corrected chi connectivity index (χ0v) is 12.1. The van der Waals surface area contributed by atoms with E-state index in [1.54, 1.807) is 12.4 Å². The van der Waals surface area contributed by atoms with Gasteiger partial charge >= 0.3 is 0 Å². The third kappa shape index (κ3) is 3.07. The van der Waals surface area contributed by atoms with Crippen molar-refractivity contribution >= 4 is 5.91 Å². The number of piperidine rings is 1. The van der Waals surface area contributed by atoms with Crippen molar-refractivity contribution in [3.8, 4) is 0 Å². The van der Waals surface area contributed by atoms with Crippen LogP contribution < -0.4 is 0 Å². The molecule has 3 rings (SSSR count). The first-order chi connectivity index (χ1) is 10.2. The minimum absolute atomic E-state index is 0.0291. The number of carbonyl (C=O) groups is 1. The highest BCUT2D eigenvalue weighted by molar-refractivity contribution is 5.92. The van der Waals surface area contributed by atoms with E-state index in [1.165, 1.54) is 11.8 Å². The van der Waals surface area contributed by atoms with Crippen LogP contribution in [-0.2, 0) is 0 Å². The molecule has 2 aromatic rings. The van der Waals surface area contributed by atoms with Gasteiger partial charge in [0.2, 0.25) is 0 Å². The second kappa shape index (κ2) is 5.99. The molecule has 0 saturated carbocycles. The molecule has 1 fully saturated rings. The predicted molar refractivity (Wildman–Crippen MR) is 78.9 cm³/mol. The number of aryl methyl sites for hydroxylation is 1. The van der Waals surface area contributed by atoms with E-state index >= 15 is 0 Å². The summed E-state index contributed by atoms with van der Waals surface area (Å²) in [6, 6.07) is 4.16. The fourth-order valence-electron chi connectivity index (χ4n) is 2.83. The highest BCUT2D eigenvalue weighted by Crippen LogP contribution is 2.27. The van der Waals surface area contributed by atoms with Crippen LogP contribution in [0.1, 0.15) is 40.5 Å². The Kier molecular flexibility index (Phi) is 3.90. The van der Waals surface area contributed by atoms with E-state index in [0.717, 1.165) is 31.6 Å². The molecular formula is C16H18N4O. The summed E-state index contributed by atoms with van der Waals surface area (Å²) >= 11 is 0. The largest absolute Gasteiger partial charge is 0.337 e. The second-order valence-electron chi connectivity index (χ2n) is 5.41. The molecule has 1 unspecified atom stereocenters. The summed E-state index contributed by atoms with van der Waals surface area (Å²) in [6.07, 6.45) is 8.62. The molecule has 0 bridgehead atoms. The summed E-state index contributed by atoms with van der Waals surface area (Å²) < 4.78 is 0. The lowest BCUT2D eigenvalue weighted by Gasteiger charge is -2.32. The van der Waals surface area contributed by atoms with E-state index < -0.39 is 0 Å². The summed E-state index contributed by atoms with van der Waals surface area (Å²) in [4.78, 5) is 26.6. The molecule has 0 aromatic carbocycles. The van der Waals surface area contributed by atoms with Crippen LogP contribution in [0.25, 0.3) is 0 Å². The van der Waals surface area contributed by atoms with Crippen LogP contribution in [0.15, 0.2) is 36.9 Å². The van der Waals surface area contributed by atoms with Crippen LogP contribution in [-0.4, -0.2) is 38.8 Å². The minimum atomic E-state index is -0.0291. The molecular weight excluding hydrogens is 264 g/mol. The Hall–Kier alpha value is -2.30. The Morgan fingerprint density at radius 2 is 2.19 bits per heavy atom. The first-order valence-electron chi connectivity index (χ1n) is 7.22. The number of nitrogens with zero attached hydrogens (tertiary/aromatic N) is 4. The topological polar surface area (TPSA) is 59.0 Å². The predicted octanol–water partition coefficient (Wildman–Crippen LogP) is 2.20. The average molecular weight is 282 g/mol. The van der Waals surface area contributed by atoms with Gasteiger partial charge < -0.3 is 4.90 Å². The number of amides is 1. The normalized spacial score (nSPS) is 18.5. The van der Waals surface area contributed by atoms with Crippen LogP contribution >= 0.6 is 0 Å². The number of likely N-dealkylation sites (tertiary alicyclic amines) is 1. The van der Waals surface area contributed by atoms with Gasteiger partial charge in [-0.3, -0.25) is 14.8 Å². The maximum Gasteiger partial charge on any atom is 0.274 e.